The van der Waals surface area contributed by atoms with Crippen LogP contribution >= 0.6 is 11.3 Å². The maximum atomic E-state index is 2.17. The molecule has 2 rings (SSSR count). The Bertz CT molecular complexity index is 448. The van der Waals surface area contributed by atoms with Gasteiger partial charge in [-0.05, 0) is 24.3 Å². The van der Waals surface area contributed by atoms with Crippen LogP contribution < -0.4 is 33.4 Å². The summed E-state index contributed by atoms with van der Waals surface area (Å²) in [5.41, 5.74) is 2.51. The number of halogens is 1. The van der Waals surface area contributed by atoms with E-state index in [4.69, 9.17) is 0 Å². The second-order valence-corrected chi connectivity index (χ2v) is 4.65. The van der Waals surface area contributed by atoms with Crippen LogP contribution in [0.3, 0.4) is 0 Å². The zero-order valence-corrected chi connectivity index (χ0v) is 12.6. The van der Waals surface area contributed by atoms with Crippen molar-refractivity contribution in [1.29, 1.82) is 0 Å². The van der Waals surface area contributed by atoms with Crippen molar-refractivity contribution < 1.29 is 28.5 Å². The summed E-state index contributed by atoms with van der Waals surface area (Å²) in [6.07, 6.45) is 2.08. The Morgan fingerprint density at radius 1 is 1.12 bits per heavy atom. The fourth-order valence-electron chi connectivity index (χ4n) is 1.51. The lowest BCUT2D eigenvalue weighted by atomic mass is 10.2. The number of aromatic nitrogens is 1. The van der Waals surface area contributed by atoms with E-state index in [9.17, 15) is 0 Å². The molecule has 0 saturated heterocycles. The van der Waals surface area contributed by atoms with Crippen molar-refractivity contribution in [2.75, 3.05) is 19.0 Å². The molecule has 1 aromatic carbocycles. The van der Waals surface area contributed by atoms with E-state index in [1.807, 2.05) is 0 Å². The maximum Gasteiger partial charge on any atom is 0.268 e. The van der Waals surface area contributed by atoms with Crippen molar-refractivity contribution in [2.24, 2.45) is 7.05 Å². The highest BCUT2D eigenvalue weighted by atomic mass is 127. The van der Waals surface area contributed by atoms with Gasteiger partial charge in [0.15, 0.2) is 6.20 Å². The van der Waals surface area contributed by atoms with E-state index in [1.165, 1.54) is 16.3 Å². The van der Waals surface area contributed by atoms with Crippen molar-refractivity contribution in [1.82, 2.24) is 0 Å². The summed E-state index contributed by atoms with van der Waals surface area (Å²) in [5, 5.41) is 3.40. The lowest BCUT2D eigenvalue weighted by Crippen LogP contribution is -3.00. The summed E-state index contributed by atoms with van der Waals surface area (Å²) in [5.74, 6) is 0. The molecule has 0 N–H and O–H groups in total. The number of hydrogen-bond donors (Lipinski definition) is 0. The number of thiazole rings is 1. The molecule has 1 heterocycles. The predicted molar refractivity (Wildman–Crippen MR) is 65.3 cm³/mol. The van der Waals surface area contributed by atoms with E-state index in [1.54, 1.807) is 11.3 Å². The third-order valence-electron chi connectivity index (χ3n) is 2.42. The second kappa shape index (κ2) is 5.63. The summed E-state index contributed by atoms with van der Waals surface area (Å²) in [6.45, 7) is 0. The van der Waals surface area contributed by atoms with Crippen LogP contribution in [0.4, 0.5) is 5.69 Å². The predicted octanol–water partition coefficient (Wildman–Crippen LogP) is -0.690. The summed E-state index contributed by atoms with van der Waals surface area (Å²) in [4.78, 5) is 2.11. The molecule has 0 aliphatic heterocycles. The number of anilines is 1. The number of rotatable bonds is 2. The van der Waals surface area contributed by atoms with Crippen LogP contribution in [-0.4, -0.2) is 14.1 Å². The van der Waals surface area contributed by atoms with Crippen molar-refractivity contribution in [3.8, 4) is 10.6 Å². The highest BCUT2D eigenvalue weighted by Gasteiger charge is 2.10. The first-order chi connectivity index (χ1) is 7.18. The van der Waals surface area contributed by atoms with E-state index in [2.05, 4.69) is 66.5 Å². The molecule has 0 unspecified atom stereocenters. The quantitative estimate of drug-likeness (QED) is 0.516. The molecule has 1 aromatic heterocycles. The summed E-state index contributed by atoms with van der Waals surface area (Å²) in [7, 11) is 6.19. The molecule has 0 amide bonds. The van der Waals surface area contributed by atoms with Crippen LogP contribution in [0.1, 0.15) is 0 Å². The van der Waals surface area contributed by atoms with Gasteiger partial charge in [0.2, 0.25) is 0 Å². The molecular formula is C12H15IN2S. The topological polar surface area (TPSA) is 7.12 Å². The monoisotopic (exact) mass is 346 g/mol. The SMILES string of the molecule is CN(C)c1ccc(-c2scc[n+]2C)cc1.[I-]. The minimum absolute atomic E-state index is 0. The van der Waals surface area contributed by atoms with Gasteiger partial charge in [0.1, 0.15) is 7.05 Å². The molecule has 2 aromatic rings. The Labute approximate surface area is 118 Å². The van der Waals surface area contributed by atoms with Gasteiger partial charge in [0.05, 0.1) is 10.9 Å². The van der Waals surface area contributed by atoms with Crippen LogP contribution in [0, 0.1) is 0 Å². The van der Waals surface area contributed by atoms with Crippen LogP contribution in [0.25, 0.3) is 10.6 Å². The fourth-order valence-corrected chi connectivity index (χ4v) is 2.38. The van der Waals surface area contributed by atoms with E-state index in [-0.39, 0.29) is 24.0 Å². The minimum atomic E-state index is 0. The maximum absolute atomic E-state index is 2.17. The van der Waals surface area contributed by atoms with Gasteiger partial charge in [-0.25, -0.2) is 0 Å². The van der Waals surface area contributed by atoms with Crippen LogP contribution in [0.15, 0.2) is 35.8 Å². The average Bonchev–Trinajstić information content (AvgIpc) is 2.65. The van der Waals surface area contributed by atoms with E-state index in [0.29, 0.717) is 0 Å². The molecule has 0 atom stereocenters. The molecule has 0 bridgehead atoms. The second-order valence-electron chi connectivity index (χ2n) is 3.76. The van der Waals surface area contributed by atoms with Crippen LogP contribution in [0.2, 0.25) is 0 Å². The Balaban J connectivity index is 0.00000128. The normalized spacial score (nSPS) is 9.69. The van der Waals surface area contributed by atoms with E-state index in [0.717, 1.165) is 0 Å². The summed E-state index contributed by atoms with van der Waals surface area (Å²) >= 11 is 1.77. The molecule has 0 saturated carbocycles. The first-order valence-corrected chi connectivity index (χ1v) is 5.77. The first-order valence-electron chi connectivity index (χ1n) is 4.89. The van der Waals surface area contributed by atoms with Gasteiger partial charge in [-0.2, -0.15) is 4.57 Å². The summed E-state index contributed by atoms with van der Waals surface area (Å²) < 4.78 is 2.15. The smallest absolute Gasteiger partial charge is 0.268 e. The van der Waals surface area contributed by atoms with Crippen LogP contribution in [0.5, 0.6) is 0 Å². The molecule has 2 nitrogen and oxygen atoms in total. The Morgan fingerprint density at radius 2 is 1.75 bits per heavy atom. The van der Waals surface area contributed by atoms with Gasteiger partial charge in [-0.3, -0.25) is 0 Å². The molecule has 0 spiro atoms. The lowest BCUT2D eigenvalue weighted by molar-refractivity contribution is -0.655. The van der Waals surface area contributed by atoms with Gasteiger partial charge >= 0.3 is 0 Å². The number of aryl methyl sites for hydroxylation is 1. The standard InChI is InChI=1S/C12H15N2S.HI/c1-13(2)11-6-4-10(5-7-11)12-14(3)8-9-15-12;/h4-9H,1-3H3;1H/q+1;/p-1. The zero-order chi connectivity index (χ0) is 10.8. The molecule has 0 aliphatic rings. The number of benzene rings is 1. The Morgan fingerprint density at radius 3 is 2.19 bits per heavy atom. The highest BCUT2D eigenvalue weighted by molar-refractivity contribution is 7.12. The summed E-state index contributed by atoms with van der Waals surface area (Å²) in [6, 6.07) is 8.63. The van der Waals surface area contributed by atoms with Crippen LogP contribution in [-0.2, 0) is 7.05 Å². The molecule has 0 radical (unpaired) electrons. The van der Waals surface area contributed by atoms with Crippen molar-refractivity contribution in [2.45, 2.75) is 0 Å². The average molecular weight is 346 g/mol. The molecule has 0 fully saturated rings. The Hall–Kier alpha value is -0.620. The third kappa shape index (κ3) is 2.74. The van der Waals surface area contributed by atoms with Crippen molar-refractivity contribution in [3.05, 3.63) is 35.8 Å². The number of hydrogen-bond acceptors (Lipinski definition) is 2. The molecule has 86 valence electrons. The van der Waals surface area contributed by atoms with Gasteiger partial charge < -0.3 is 28.9 Å². The highest BCUT2D eigenvalue weighted by Crippen LogP contribution is 2.22. The van der Waals surface area contributed by atoms with Gasteiger partial charge in [0, 0.05) is 19.8 Å². The molecule has 4 heteroatoms. The first kappa shape index (κ1) is 13.4. The largest absolute Gasteiger partial charge is 1.00 e. The zero-order valence-electron chi connectivity index (χ0n) is 9.64. The third-order valence-corrected chi connectivity index (χ3v) is 3.42. The molecule has 16 heavy (non-hydrogen) atoms. The van der Waals surface area contributed by atoms with Crippen molar-refractivity contribution in [3.63, 3.8) is 0 Å². The van der Waals surface area contributed by atoms with Gasteiger partial charge in [-0.1, -0.05) is 11.3 Å². The fraction of sp³-hybridized carbons (Fsp3) is 0.250. The Kier molecular flexibility index (Phi) is 4.73. The van der Waals surface area contributed by atoms with E-state index >= 15 is 0 Å². The van der Waals surface area contributed by atoms with Gasteiger partial charge in [0.25, 0.3) is 5.01 Å². The lowest BCUT2D eigenvalue weighted by Gasteiger charge is -2.11. The minimum Gasteiger partial charge on any atom is -1.00 e. The number of nitrogens with zero attached hydrogens (tertiary/aromatic N) is 2. The van der Waals surface area contributed by atoms with Crippen molar-refractivity contribution >= 4 is 17.0 Å². The molecule has 0 aliphatic carbocycles. The molecular weight excluding hydrogens is 331 g/mol. The van der Waals surface area contributed by atoms with E-state index < -0.39 is 0 Å². The van der Waals surface area contributed by atoms with Gasteiger partial charge in [-0.15, -0.1) is 0 Å².